The summed E-state index contributed by atoms with van der Waals surface area (Å²) in [6, 6.07) is 4.41. The average Bonchev–Trinajstić information content (AvgIpc) is 2.67. The maximum atomic E-state index is 12.5. The molecule has 0 fully saturated rings. The summed E-state index contributed by atoms with van der Waals surface area (Å²) < 4.78 is 5.77. The average molecular weight is 373 g/mol. The van der Waals surface area contributed by atoms with Gasteiger partial charge in [-0.05, 0) is 31.0 Å². The van der Waals surface area contributed by atoms with Gasteiger partial charge in [0, 0.05) is 19.5 Å². The summed E-state index contributed by atoms with van der Waals surface area (Å²) in [6.45, 7) is 4.23. The van der Waals surface area contributed by atoms with Crippen LogP contribution in [0.15, 0.2) is 40.4 Å². The topological polar surface area (TPSA) is 110 Å². The number of methoxy groups -OCH3 is 1. The van der Waals surface area contributed by atoms with Gasteiger partial charge in [-0.1, -0.05) is 12.5 Å². The van der Waals surface area contributed by atoms with Gasteiger partial charge in [-0.3, -0.25) is 14.2 Å². The van der Waals surface area contributed by atoms with Crippen LogP contribution in [0.1, 0.15) is 36.0 Å². The van der Waals surface area contributed by atoms with Crippen LogP contribution >= 0.6 is 0 Å². The molecular weight excluding hydrogens is 350 g/mol. The Hall–Kier alpha value is -3.16. The van der Waals surface area contributed by atoms with Gasteiger partial charge in [0.25, 0.3) is 5.56 Å². The lowest BCUT2D eigenvalue weighted by atomic mass is 10.1. The highest BCUT2D eigenvalue weighted by atomic mass is 16.5. The van der Waals surface area contributed by atoms with Crippen LogP contribution < -0.4 is 16.6 Å². The van der Waals surface area contributed by atoms with Crippen LogP contribution in [0.4, 0.5) is 0 Å². The molecule has 0 aliphatic carbocycles. The quantitative estimate of drug-likeness (QED) is 0.391. The van der Waals surface area contributed by atoms with Crippen LogP contribution in [-0.2, 0) is 16.1 Å². The maximum absolute atomic E-state index is 12.5. The number of H-pyrrole nitrogens is 1. The van der Waals surface area contributed by atoms with E-state index >= 15 is 0 Å². The van der Waals surface area contributed by atoms with E-state index in [9.17, 15) is 19.2 Å². The first-order chi connectivity index (χ1) is 13.0. The molecule has 2 N–H and O–H groups in total. The minimum absolute atomic E-state index is 0.0444. The molecule has 0 unspecified atom stereocenters. The molecule has 1 aromatic carbocycles. The molecule has 0 saturated heterocycles. The zero-order valence-electron chi connectivity index (χ0n) is 15.2. The predicted molar refractivity (Wildman–Crippen MR) is 102 cm³/mol. The second-order valence-electron chi connectivity index (χ2n) is 6.04. The minimum atomic E-state index is -0.543. The van der Waals surface area contributed by atoms with Crippen LogP contribution in [0.3, 0.4) is 0 Å². The molecule has 0 aliphatic rings. The first-order valence-corrected chi connectivity index (χ1v) is 8.70. The number of fused-ring (bicyclic) bond motifs is 1. The monoisotopic (exact) mass is 373 g/mol. The number of esters is 1. The van der Waals surface area contributed by atoms with E-state index in [0.717, 1.165) is 4.57 Å². The normalized spacial score (nSPS) is 10.6. The van der Waals surface area contributed by atoms with E-state index in [-0.39, 0.29) is 18.0 Å². The van der Waals surface area contributed by atoms with Crippen molar-refractivity contribution in [2.24, 2.45) is 0 Å². The number of carbonyl (C=O) groups excluding carboxylic acids is 2. The van der Waals surface area contributed by atoms with Crippen molar-refractivity contribution in [3.63, 3.8) is 0 Å². The van der Waals surface area contributed by atoms with Crippen molar-refractivity contribution in [1.29, 1.82) is 0 Å². The number of aromatic amines is 1. The van der Waals surface area contributed by atoms with Crippen molar-refractivity contribution in [2.45, 2.75) is 32.2 Å². The van der Waals surface area contributed by atoms with E-state index in [1.54, 1.807) is 6.08 Å². The molecule has 2 aromatic rings. The number of rotatable bonds is 9. The molecule has 0 atom stereocenters. The van der Waals surface area contributed by atoms with Crippen molar-refractivity contribution in [3.8, 4) is 0 Å². The Labute approximate surface area is 155 Å². The lowest BCUT2D eigenvalue weighted by molar-refractivity contribution is -0.121. The summed E-state index contributed by atoms with van der Waals surface area (Å²) in [5.74, 6) is -0.587. The molecule has 1 heterocycles. The van der Waals surface area contributed by atoms with Gasteiger partial charge >= 0.3 is 11.7 Å². The van der Waals surface area contributed by atoms with Crippen LogP contribution in [0.25, 0.3) is 10.9 Å². The summed E-state index contributed by atoms with van der Waals surface area (Å²) >= 11 is 0. The van der Waals surface area contributed by atoms with Crippen molar-refractivity contribution in [2.75, 3.05) is 13.7 Å². The van der Waals surface area contributed by atoms with Gasteiger partial charge in [0.05, 0.1) is 23.6 Å². The van der Waals surface area contributed by atoms with Crippen LogP contribution in [0.2, 0.25) is 0 Å². The third-order valence-corrected chi connectivity index (χ3v) is 4.13. The summed E-state index contributed by atoms with van der Waals surface area (Å²) in [5, 5.41) is 3.02. The number of hydrogen-bond donors (Lipinski definition) is 2. The Bertz CT molecular complexity index is 958. The lowest BCUT2D eigenvalue weighted by Gasteiger charge is -2.07. The largest absolute Gasteiger partial charge is 0.465 e. The van der Waals surface area contributed by atoms with Crippen LogP contribution in [0.5, 0.6) is 0 Å². The first kappa shape index (κ1) is 20.2. The van der Waals surface area contributed by atoms with E-state index in [1.165, 1.54) is 25.3 Å². The fourth-order valence-corrected chi connectivity index (χ4v) is 2.71. The molecule has 0 spiro atoms. The van der Waals surface area contributed by atoms with E-state index in [0.29, 0.717) is 43.1 Å². The predicted octanol–water partition coefficient (Wildman–Crippen LogP) is 1.34. The number of benzene rings is 1. The van der Waals surface area contributed by atoms with E-state index in [1.807, 2.05) is 0 Å². The number of amides is 1. The van der Waals surface area contributed by atoms with Crippen molar-refractivity contribution >= 4 is 22.8 Å². The summed E-state index contributed by atoms with van der Waals surface area (Å²) in [5.41, 5.74) is -0.386. The van der Waals surface area contributed by atoms with Gasteiger partial charge in [0.15, 0.2) is 0 Å². The minimum Gasteiger partial charge on any atom is -0.465 e. The fourth-order valence-electron chi connectivity index (χ4n) is 2.71. The smallest absolute Gasteiger partial charge is 0.337 e. The molecule has 8 nitrogen and oxygen atoms in total. The van der Waals surface area contributed by atoms with E-state index < -0.39 is 17.2 Å². The highest BCUT2D eigenvalue weighted by molar-refractivity contribution is 5.93. The highest BCUT2D eigenvalue weighted by Crippen LogP contribution is 2.10. The lowest BCUT2D eigenvalue weighted by Crippen LogP contribution is -2.35. The molecule has 0 saturated carbocycles. The zero-order valence-corrected chi connectivity index (χ0v) is 15.2. The SMILES string of the molecule is C=CCNC(=O)CCCCCn1c(=O)[nH]c2cc(C(=O)OC)ccc2c1=O. The Kier molecular flexibility index (Phi) is 7.10. The molecule has 1 aromatic heterocycles. The molecule has 144 valence electrons. The molecule has 0 radical (unpaired) electrons. The molecule has 0 bridgehead atoms. The second-order valence-corrected chi connectivity index (χ2v) is 6.04. The van der Waals surface area contributed by atoms with Gasteiger partial charge in [0.1, 0.15) is 0 Å². The van der Waals surface area contributed by atoms with E-state index in [4.69, 9.17) is 0 Å². The Morgan fingerprint density at radius 3 is 2.74 bits per heavy atom. The third-order valence-electron chi connectivity index (χ3n) is 4.13. The van der Waals surface area contributed by atoms with Gasteiger partial charge in [-0.15, -0.1) is 6.58 Å². The molecular formula is C19H23N3O5. The number of aromatic nitrogens is 2. The number of ether oxygens (including phenoxy) is 1. The summed E-state index contributed by atoms with van der Waals surface area (Å²) in [7, 11) is 1.26. The number of carbonyl (C=O) groups is 2. The van der Waals surface area contributed by atoms with Gasteiger partial charge < -0.3 is 15.0 Å². The van der Waals surface area contributed by atoms with Crippen molar-refractivity contribution in [3.05, 3.63) is 57.3 Å². The Morgan fingerprint density at radius 1 is 1.26 bits per heavy atom. The third kappa shape index (κ3) is 5.16. The van der Waals surface area contributed by atoms with Gasteiger partial charge in [0.2, 0.25) is 5.91 Å². The van der Waals surface area contributed by atoms with Crippen LogP contribution in [0, 0.1) is 0 Å². The molecule has 8 heteroatoms. The Balaban J connectivity index is 2.03. The summed E-state index contributed by atoms with van der Waals surface area (Å²) in [4.78, 5) is 50.4. The summed E-state index contributed by atoms with van der Waals surface area (Å²) in [6.07, 6.45) is 4.00. The fraction of sp³-hybridized carbons (Fsp3) is 0.368. The maximum Gasteiger partial charge on any atom is 0.337 e. The number of hydrogen-bond acceptors (Lipinski definition) is 5. The standard InChI is InChI=1S/C19H23N3O5/c1-3-10-20-16(23)7-5-4-6-11-22-17(24)14-9-8-13(18(25)27-2)12-15(14)21-19(22)26/h3,8-9,12H,1,4-7,10-11H2,2H3,(H,20,23)(H,21,26). The number of nitrogens with one attached hydrogen (secondary N) is 2. The van der Waals surface area contributed by atoms with Gasteiger partial charge in [-0.2, -0.15) is 0 Å². The highest BCUT2D eigenvalue weighted by Gasteiger charge is 2.11. The molecule has 2 rings (SSSR count). The Morgan fingerprint density at radius 2 is 2.04 bits per heavy atom. The van der Waals surface area contributed by atoms with E-state index in [2.05, 4.69) is 21.6 Å². The molecule has 1 amide bonds. The number of unbranched alkanes of at least 4 members (excludes halogenated alkanes) is 2. The van der Waals surface area contributed by atoms with Crippen molar-refractivity contribution < 1.29 is 14.3 Å². The molecule has 27 heavy (non-hydrogen) atoms. The number of nitrogens with zero attached hydrogens (tertiary/aromatic N) is 1. The second kappa shape index (κ2) is 9.51. The zero-order chi connectivity index (χ0) is 19.8. The molecule has 0 aliphatic heterocycles. The van der Waals surface area contributed by atoms with Crippen LogP contribution in [-0.4, -0.2) is 35.1 Å². The van der Waals surface area contributed by atoms with Gasteiger partial charge in [-0.25, -0.2) is 9.59 Å². The first-order valence-electron chi connectivity index (χ1n) is 8.70. The van der Waals surface area contributed by atoms with Crippen molar-refractivity contribution in [1.82, 2.24) is 14.9 Å².